The van der Waals surface area contributed by atoms with E-state index < -0.39 is 0 Å². The highest BCUT2D eigenvalue weighted by molar-refractivity contribution is 6.45. The first-order chi connectivity index (χ1) is 11.8. The van der Waals surface area contributed by atoms with E-state index in [0.29, 0.717) is 12.0 Å². The summed E-state index contributed by atoms with van der Waals surface area (Å²) in [4.78, 5) is 14.4. The molecule has 4 nitrogen and oxygen atoms in total. The normalized spacial score (nSPS) is 28.7. The average molecular weight is 365 g/mol. The maximum atomic E-state index is 12.3. The van der Waals surface area contributed by atoms with Crippen molar-refractivity contribution in [3.63, 3.8) is 0 Å². The fourth-order valence-corrected chi connectivity index (χ4v) is 4.66. The first-order valence-corrected chi connectivity index (χ1v) is 10.5. The van der Waals surface area contributed by atoms with Gasteiger partial charge in [0.1, 0.15) is 0 Å². The highest BCUT2D eigenvalue weighted by Gasteiger charge is 2.50. The van der Waals surface area contributed by atoms with Gasteiger partial charge in [0.05, 0.1) is 11.2 Å². The second-order valence-corrected chi connectivity index (χ2v) is 10.4. The Bertz CT molecular complexity index is 482. The van der Waals surface area contributed by atoms with Crippen molar-refractivity contribution in [3.8, 4) is 0 Å². The largest absolute Gasteiger partial charge is 0.457 e. The first-order valence-electron chi connectivity index (χ1n) is 10.5. The third-order valence-electron chi connectivity index (χ3n) is 6.54. The Labute approximate surface area is 161 Å². The van der Waals surface area contributed by atoms with Crippen LogP contribution >= 0.6 is 0 Å². The van der Waals surface area contributed by atoms with Gasteiger partial charge in [-0.15, -0.1) is 0 Å². The summed E-state index contributed by atoms with van der Waals surface area (Å²) in [7, 11) is -0.103. The molecule has 0 spiro atoms. The van der Waals surface area contributed by atoms with Gasteiger partial charge in [-0.3, -0.25) is 4.79 Å². The van der Waals surface area contributed by atoms with Gasteiger partial charge in [-0.1, -0.05) is 25.7 Å². The second-order valence-electron chi connectivity index (χ2n) is 10.4. The molecule has 0 bridgehead atoms. The van der Waals surface area contributed by atoms with Crippen molar-refractivity contribution < 1.29 is 14.1 Å². The summed E-state index contributed by atoms with van der Waals surface area (Å²) >= 11 is 0. The zero-order chi connectivity index (χ0) is 19.8. The highest BCUT2D eigenvalue weighted by atomic mass is 16.7. The molecule has 2 atom stereocenters. The quantitative estimate of drug-likeness (QED) is 0.516. The lowest BCUT2D eigenvalue weighted by molar-refractivity contribution is -0.137. The van der Waals surface area contributed by atoms with Crippen LogP contribution in [0.5, 0.6) is 0 Å². The lowest BCUT2D eigenvalue weighted by Crippen LogP contribution is -2.51. The van der Waals surface area contributed by atoms with E-state index in [1.165, 1.54) is 19.3 Å². The lowest BCUT2D eigenvalue weighted by Gasteiger charge is -2.42. The molecule has 0 aromatic carbocycles. The average Bonchev–Trinajstić information content (AvgIpc) is 2.61. The van der Waals surface area contributed by atoms with Crippen LogP contribution in [0.4, 0.5) is 0 Å². The minimum absolute atomic E-state index is 0.103. The number of carbonyl (C=O) groups is 1. The smallest absolute Gasteiger partial charge is 0.403 e. The SMILES string of the molecule is CC(=O)N(C1CCCCC(CCB2OC(C)(C)C(C)(C)O2)C1)C(C)(C)C. The Balaban J connectivity index is 1.97. The fraction of sp³-hybridized carbons (Fsp3) is 0.952. The summed E-state index contributed by atoms with van der Waals surface area (Å²) in [5.41, 5.74) is -0.611. The molecule has 0 aromatic rings. The molecule has 1 saturated carbocycles. The molecular formula is C21H40BNO3. The summed E-state index contributed by atoms with van der Waals surface area (Å²) in [6.07, 6.45) is 8.03. The molecule has 1 aliphatic carbocycles. The van der Waals surface area contributed by atoms with Gasteiger partial charge in [0.2, 0.25) is 5.91 Å². The number of hydrogen-bond donors (Lipinski definition) is 0. The van der Waals surface area contributed by atoms with Crippen LogP contribution < -0.4 is 0 Å². The second kappa shape index (κ2) is 7.83. The maximum absolute atomic E-state index is 12.3. The zero-order valence-electron chi connectivity index (χ0n) is 18.4. The molecule has 5 heteroatoms. The molecule has 0 radical (unpaired) electrons. The number of rotatable bonds is 4. The molecule has 2 unspecified atom stereocenters. The van der Waals surface area contributed by atoms with Gasteiger partial charge in [-0.2, -0.15) is 0 Å². The van der Waals surface area contributed by atoms with Crippen molar-refractivity contribution in [3.05, 3.63) is 0 Å². The molecule has 1 amide bonds. The van der Waals surface area contributed by atoms with Crippen LogP contribution in [0.3, 0.4) is 0 Å². The summed E-state index contributed by atoms with van der Waals surface area (Å²) in [6, 6.07) is 0.360. The van der Waals surface area contributed by atoms with Crippen molar-refractivity contribution in [2.75, 3.05) is 0 Å². The van der Waals surface area contributed by atoms with Crippen molar-refractivity contribution in [1.82, 2.24) is 4.90 Å². The molecule has 2 fully saturated rings. The van der Waals surface area contributed by atoms with Crippen molar-refractivity contribution in [2.24, 2.45) is 5.92 Å². The van der Waals surface area contributed by atoms with Crippen LogP contribution in [-0.4, -0.2) is 40.7 Å². The van der Waals surface area contributed by atoms with E-state index in [-0.39, 0.29) is 29.8 Å². The van der Waals surface area contributed by atoms with Gasteiger partial charge in [-0.05, 0) is 73.5 Å². The molecule has 1 heterocycles. The van der Waals surface area contributed by atoms with E-state index in [2.05, 4.69) is 53.4 Å². The summed E-state index contributed by atoms with van der Waals surface area (Å²) in [5, 5.41) is 0. The third kappa shape index (κ3) is 5.04. The first kappa shape index (κ1) is 21.8. The van der Waals surface area contributed by atoms with Gasteiger partial charge >= 0.3 is 7.12 Å². The molecule has 0 aromatic heterocycles. The monoisotopic (exact) mass is 365 g/mol. The summed E-state index contributed by atoms with van der Waals surface area (Å²) in [5.74, 6) is 0.847. The van der Waals surface area contributed by atoms with Crippen molar-refractivity contribution in [2.45, 2.75) is 123 Å². The van der Waals surface area contributed by atoms with Crippen LogP contribution in [0.15, 0.2) is 0 Å². The number of nitrogens with zero attached hydrogens (tertiary/aromatic N) is 1. The van der Waals surface area contributed by atoms with E-state index in [4.69, 9.17) is 9.31 Å². The zero-order valence-corrected chi connectivity index (χ0v) is 18.4. The van der Waals surface area contributed by atoms with Gasteiger partial charge in [0, 0.05) is 18.5 Å². The topological polar surface area (TPSA) is 38.8 Å². The van der Waals surface area contributed by atoms with Crippen LogP contribution in [0.1, 0.15) is 93.9 Å². The van der Waals surface area contributed by atoms with E-state index in [0.717, 1.165) is 25.6 Å². The number of amides is 1. The Morgan fingerprint density at radius 3 is 2.12 bits per heavy atom. The van der Waals surface area contributed by atoms with E-state index in [9.17, 15) is 4.79 Å². The Morgan fingerprint density at radius 1 is 1.08 bits per heavy atom. The van der Waals surface area contributed by atoms with Crippen molar-refractivity contribution in [1.29, 1.82) is 0 Å². The minimum Gasteiger partial charge on any atom is -0.403 e. The number of hydrogen-bond acceptors (Lipinski definition) is 3. The van der Waals surface area contributed by atoms with Crippen molar-refractivity contribution >= 4 is 13.0 Å². The number of carbonyl (C=O) groups excluding carboxylic acids is 1. The molecule has 1 saturated heterocycles. The van der Waals surface area contributed by atoms with Gasteiger partial charge in [0.15, 0.2) is 0 Å². The fourth-order valence-electron chi connectivity index (χ4n) is 4.66. The Kier molecular flexibility index (Phi) is 6.55. The lowest BCUT2D eigenvalue weighted by atomic mass is 9.77. The minimum atomic E-state index is -0.249. The van der Waals surface area contributed by atoms with Crippen LogP contribution in [0, 0.1) is 5.92 Å². The highest BCUT2D eigenvalue weighted by Crippen LogP contribution is 2.39. The predicted octanol–water partition coefficient (Wildman–Crippen LogP) is 5.06. The van der Waals surface area contributed by atoms with E-state index >= 15 is 0 Å². The summed E-state index contributed by atoms with van der Waals surface area (Å²) in [6.45, 7) is 16.6. The Hall–Kier alpha value is -0.545. The van der Waals surface area contributed by atoms with Gasteiger partial charge in [0.25, 0.3) is 0 Å². The van der Waals surface area contributed by atoms with E-state index in [1.54, 1.807) is 6.92 Å². The van der Waals surface area contributed by atoms with Gasteiger partial charge in [-0.25, -0.2) is 0 Å². The van der Waals surface area contributed by atoms with Crippen LogP contribution in [-0.2, 0) is 14.1 Å². The Morgan fingerprint density at radius 2 is 1.62 bits per heavy atom. The van der Waals surface area contributed by atoms with Crippen LogP contribution in [0.2, 0.25) is 6.32 Å². The molecule has 150 valence electrons. The van der Waals surface area contributed by atoms with E-state index in [1.807, 2.05) is 0 Å². The maximum Gasteiger partial charge on any atom is 0.457 e. The third-order valence-corrected chi connectivity index (χ3v) is 6.54. The molecule has 0 N–H and O–H groups in total. The predicted molar refractivity (Wildman–Crippen MR) is 108 cm³/mol. The summed E-state index contributed by atoms with van der Waals surface area (Å²) < 4.78 is 12.3. The molecule has 1 aliphatic heterocycles. The van der Waals surface area contributed by atoms with Crippen LogP contribution in [0.25, 0.3) is 0 Å². The molecular weight excluding hydrogens is 325 g/mol. The van der Waals surface area contributed by atoms with Gasteiger partial charge < -0.3 is 14.2 Å². The molecule has 2 rings (SSSR count). The standard InChI is InChI=1S/C21H40BNO3/c1-16(24)23(19(2,3)4)18-12-10-9-11-17(15-18)13-14-22-25-20(5,6)21(7,8)26-22/h17-18H,9-15H2,1-8H3. The molecule has 2 aliphatic rings. The molecule has 26 heavy (non-hydrogen) atoms.